The lowest BCUT2D eigenvalue weighted by Gasteiger charge is -2.26. The Morgan fingerprint density at radius 1 is 1.30 bits per heavy atom. The summed E-state index contributed by atoms with van der Waals surface area (Å²) < 4.78 is 0. The van der Waals surface area contributed by atoms with E-state index in [1.807, 2.05) is 30.3 Å². The third-order valence-corrected chi connectivity index (χ3v) is 5.74. The number of carbonyl (C=O) groups is 2. The Labute approximate surface area is 178 Å². The Morgan fingerprint density at radius 2 is 2.07 bits per heavy atom. The minimum Gasteiger partial charge on any atom is -0.370 e. The fourth-order valence-electron chi connectivity index (χ4n) is 3.15. The van der Waals surface area contributed by atoms with Gasteiger partial charge in [-0.25, -0.2) is 0 Å². The second kappa shape index (κ2) is 9.71. The van der Waals surface area contributed by atoms with Gasteiger partial charge in [0.2, 0.25) is 11.8 Å². The van der Waals surface area contributed by atoms with E-state index in [9.17, 15) is 14.9 Å². The molecular formula is C21H22N6O2S. The number of guanidine groups is 1. The smallest absolute Gasteiger partial charge is 0.249 e. The van der Waals surface area contributed by atoms with Gasteiger partial charge in [0.15, 0.2) is 5.96 Å². The third kappa shape index (κ3) is 5.24. The van der Waals surface area contributed by atoms with E-state index in [0.29, 0.717) is 30.1 Å². The topological polar surface area (TPSA) is 138 Å². The minimum absolute atomic E-state index is 0.0395. The molecule has 0 fully saturated rings. The molecule has 1 aromatic carbocycles. The van der Waals surface area contributed by atoms with Gasteiger partial charge in [0.1, 0.15) is 11.1 Å². The van der Waals surface area contributed by atoms with Crippen molar-refractivity contribution in [2.24, 2.45) is 16.5 Å². The highest BCUT2D eigenvalue weighted by atomic mass is 32.1. The van der Waals surface area contributed by atoms with Gasteiger partial charge in [-0.1, -0.05) is 30.3 Å². The van der Waals surface area contributed by atoms with Gasteiger partial charge in [0.05, 0.1) is 18.7 Å². The highest BCUT2D eigenvalue weighted by Crippen LogP contribution is 2.36. The van der Waals surface area contributed by atoms with Crippen LogP contribution in [0.2, 0.25) is 0 Å². The number of nitriles is 1. The van der Waals surface area contributed by atoms with Crippen LogP contribution in [0.4, 0.5) is 5.00 Å². The van der Waals surface area contributed by atoms with Gasteiger partial charge in [-0.15, -0.1) is 11.3 Å². The molecule has 3 rings (SSSR count). The van der Waals surface area contributed by atoms with E-state index in [-0.39, 0.29) is 30.7 Å². The SMILES string of the molecule is N#Cc1c(NC(=O)C=Cc2ccccc2)sc2c1CCN(C(=O)CCN=C(N)N)C2. The molecule has 0 unspecified atom stereocenters. The first-order chi connectivity index (χ1) is 14.5. The Hall–Kier alpha value is -3.64. The first kappa shape index (κ1) is 21.1. The van der Waals surface area contributed by atoms with Gasteiger partial charge in [-0.3, -0.25) is 14.6 Å². The number of nitrogens with one attached hydrogen (secondary N) is 1. The Balaban J connectivity index is 1.68. The van der Waals surface area contributed by atoms with Crippen LogP contribution >= 0.6 is 11.3 Å². The first-order valence-electron chi connectivity index (χ1n) is 9.40. The van der Waals surface area contributed by atoms with Gasteiger partial charge in [0.25, 0.3) is 0 Å². The summed E-state index contributed by atoms with van der Waals surface area (Å²) in [6.07, 6.45) is 3.94. The number of rotatable bonds is 6. The molecule has 2 amide bonds. The number of nitrogens with two attached hydrogens (primary N) is 2. The van der Waals surface area contributed by atoms with E-state index in [1.165, 1.54) is 17.4 Å². The number of carbonyl (C=O) groups excluding carboxylic acids is 2. The Bertz CT molecular complexity index is 1030. The number of hydrogen-bond acceptors (Lipinski definition) is 5. The average molecular weight is 423 g/mol. The number of aliphatic imine (C=N–C) groups is 1. The van der Waals surface area contributed by atoms with Crippen molar-refractivity contribution in [3.05, 3.63) is 58.0 Å². The predicted molar refractivity (Wildman–Crippen MR) is 118 cm³/mol. The minimum atomic E-state index is -0.306. The van der Waals surface area contributed by atoms with E-state index in [1.54, 1.807) is 11.0 Å². The molecule has 9 heteroatoms. The highest BCUT2D eigenvalue weighted by molar-refractivity contribution is 7.16. The van der Waals surface area contributed by atoms with Gasteiger partial charge in [-0.05, 0) is 23.6 Å². The lowest BCUT2D eigenvalue weighted by molar-refractivity contribution is -0.131. The molecule has 0 aliphatic carbocycles. The summed E-state index contributed by atoms with van der Waals surface area (Å²) >= 11 is 1.34. The van der Waals surface area contributed by atoms with Gasteiger partial charge in [0, 0.05) is 23.9 Å². The molecule has 2 heterocycles. The van der Waals surface area contributed by atoms with Crippen molar-refractivity contribution in [2.75, 3.05) is 18.4 Å². The van der Waals surface area contributed by atoms with Crippen LogP contribution < -0.4 is 16.8 Å². The summed E-state index contributed by atoms with van der Waals surface area (Å²) in [5.41, 5.74) is 12.9. The van der Waals surface area contributed by atoms with Crippen LogP contribution in [0.3, 0.4) is 0 Å². The van der Waals surface area contributed by atoms with Gasteiger partial charge < -0.3 is 21.7 Å². The van der Waals surface area contributed by atoms with E-state index in [0.717, 1.165) is 16.0 Å². The van der Waals surface area contributed by atoms with Crippen LogP contribution in [-0.2, 0) is 22.6 Å². The molecule has 1 aliphatic rings. The molecule has 0 bridgehead atoms. The molecule has 0 radical (unpaired) electrons. The zero-order valence-electron chi connectivity index (χ0n) is 16.3. The first-order valence-corrected chi connectivity index (χ1v) is 10.2. The summed E-state index contributed by atoms with van der Waals surface area (Å²) in [6.45, 7) is 1.17. The second-order valence-electron chi connectivity index (χ2n) is 6.67. The number of hydrogen-bond donors (Lipinski definition) is 3. The summed E-state index contributed by atoms with van der Waals surface area (Å²) in [7, 11) is 0. The van der Waals surface area contributed by atoms with Crippen molar-refractivity contribution >= 4 is 40.2 Å². The maximum atomic E-state index is 12.4. The van der Waals surface area contributed by atoms with Crippen molar-refractivity contribution < 1.29 is 9.59 Å². The fourth-order valence-corrected chi connectivity index (χ4v) is 4.37. The number of thiophene rings is 1. The molecule has 5 N–H and O–H groups in total. The van der Waals surface area contributed by atoms with E-state index >= 15 is 0 Å². The summed E-state index contributed by atoms with van der Waals surface area (Å²) in [5, 5.41) is 12.9. The number of nitrogens with zero attached hydrogens (tertiary/aromatic N) is 3. The van der Waals surface area contributed by atoms with E-state index in [2.05, 4.69) is 16.4 Å². The monoisotopic (exact) mass is 422 g/mol. The third-order valence-electron chi connectivity index (χ3n) is 4.60. The van der Waals surface area contributed by atoms with Crippen LogP contribution in [0, 0.1) is 11.3 Å². The zero-order chi connectivity index (χ0) is 21.5. The summed E-state index contributed by atoms with van der Waals surface area (Å²) in [6, 6.07) is 11.7. The van der Waals surface area contributed by atoms with Crippen molar-refractivity contribution in [1.29, 1.82) is 5.26 Å². The molecule has 2 aromatic rings. The summed E-state index contributed by atoms with van der Waals surface area (Å²) in [5.74, 6) is -0.393. The van der Waals surface area contributed by atoms with Crippen LogP contribution in [0.1, 0.15) is 28.0 Å². The Morgan fingerprint density at radius 3 is 2.77 bits per heavy atom. The molecule has 30 heavy (non-hydrogen) atoms. The van der Waals surface area contributed by atoms with Crippen LogP contribution in [0.15, 0.2) is 41.4 Å². The van der Waals surface area contributed by atoms with Crippen molar-refractivity contribution in [3.63, 3.8) is 0 Å². The molecule has 0 spiro atoms. The standard InChI is InChI=1S/C21H22N6O2S/c22-12-16-15-9-11-27(19(29)8-10-25-21(23)24)13-17(15)30-20(16)26-18(28)7-6-14-4-2-1-3-5-14/h1-7H,8-11,13H2,(H,26,28)(H4,23,24,25). The lowest BCUT2D eigenvalue weighted by Crippen LogP contribution is -2.36. The van der Waals surface area contributed by atoms with Gasteiger partial charge in [-0.2, -0.15) is 5.26 Å². The van der Waals surface area contributed by atoms with Crippen LogP contribution in [0.5, 0.6) is 0 Å². The van der Waals surface area contributed by atoms with E-state index < -0.39 is 0 Å². The number of amides is 2. The number of fused-ring (bicyclic) bond motifs is 1. The van der Waals surface area contributed by atoms with Crippen molar-refractivity contribution in [2.45, 2.75) is 19.4 Å². The molecule has 154 valence electrons. The molecule has 1 aliphatic heterocycles. The summed E-state index contributed by atoms with van der Waals surface area (Å²) in [4.78, 5) is 31.2. The maximum absolute atomic E-state index is 12.4. The van der Waals surface area contributed by atoms with Crippen molar-refractivity contribution in [1.82, 2.24) is 4.90 Å². The largest absolute Gasteiger partial charge is 0.370 e. The average Bonchev–Trinajstić information content (AvgIpc) is 3.08. The molecule has 0 atom stereocenters. The van der Waals surface area contributed by atoms with E-state index in [4.69, 9.17) is 11.5 Å². The quantitative estimate of drug-likeness (QED) is 0.370. The lowest BCUT2D eigenvalue weighted by atomic mass is 10.0. The molecule has 0 saturated heterocycles. The fraction of sp³-hybridized carbons (Fsp3) is 0.238. The van der Waals surface area contributed by atoms with Crippen LogP contribution in [0.25, 0.3) is 6.08 Å². The van der Waals surface area contributed by atoms with Gasteiger partial charge >= 0.3 is 0 Å². The molecule has 0 saturated carbocycles. The molecule has 1 aromatic heterocycles. The van der Waals surface area contributed by atoms with Crippen LogP contribution in [-0.4, -0.2) is 35.8 Å². The molecule has 8 nitrogen and oxygen atoms in total. The number of anilines is 1. The second-order valence-corrected chi connectivity index (χ2v) is 7.78. The maximum Gasteiger partial charge on any atom is 0.249 e. The predicted octanol–water partition coefficient (Wildman–Crippen LogP) is 1.82. The highest BCUT2D eigenvalue weighted by Gasteiger charge is 2.27. The van der Waals surface area contributed by atoms with Crippen molar-refractivity contribution in [3.8, 4) is 6.07 Å². The number of benzene rings is 1. The zero-order valence-corrected chi connectivity index (χ0v) is 17.1. The molecular weight excluding hydrogens is 400 g/mol. The Kier molecular flexibility index (Phi) is 6.83. The normalized spacial score (nSPS) is 12.8.